The van der Waals surface area contributed by atoms with Gasteiger partial charge in [-0.15, -0.1) is 0 Å². The van der Waals surface area contributed by atoms with Gasteiger partial charge in [0.05, 0.1) is 5.69 Å². The quantitative estimate of drug-likeness (QED) is 0.496. The van der Waals surface area contributed by atoms with E-state index in [1.165, 1.54) is 0 Å². The van der Waals surface area contributed by atoms with Crippen LogP contribution < -0.4 is 11.5 Å². The molecule has 1 rings (SSSR count). The van der Waals surface area contributed by atoms with E-state index in [1.54, 1.807) is 6.07 Å². The Kier molecular flexibility index (Phi) is 1.40. The van der Waals surface area contributed by atoms with Crippen molar-refractivity contribution in [3.8, 4) is 0 Å². The van der Waals surface area contributed by atoms with Crippen LogP contribution in [0.3, 0.4) is 0 Å². The van der Waals surface area contributed by atoms with Crippen LogP contribution in [0.2, 0.25) is 0 Å². The summed E-state index contributed by atoms with van der Waals surface area (Å²) in [5.41, 5.74) is 11.7. The van der Waals surface area contributed by atoms with Crippen molar-refractivity contribution in [1.82, 2.24) is 10.2 Å². The van der Waals surface area contributed by atoms with Gasteiger partial charge in [-0.3, -0.25) is 5.10 Å². The van der Waals surface area contributed by atoms with E-state index in [0.717, 1.165) is 5.69 Å². The van der Waals surface area contributed by atoms with Crippen LogP contribution in [0.5, 0.6) is 0 Å². The first-order chi connectivity index (χ1) is 4.20. The number of nitrogens with two attached hydrogens (primary N) is 2. The maximum absolute atomic E-state index is 5.50. The zero-order valence-corrected chi connectivity index (χ0v) is 5.26. The van der Waals surface area contributed by atoms with Gasteiger partial charge >= 0.3 is 0 Å². The first-order valence-corrected chi connectivity index (χ1v) is 2.76. The second-order valence-electron chi connectivity index (χ2n) is 2.04. The summed E-state index contributed by atoms with van der Waals surface area (Å²) in [6, 6.07) is 1.71. The van der Waals surface area contributed by atoms with Crippen LogP contribution in [-0.2, 0) is 0 Å². The van der Waals surface area contributed by atoms with E-state index in [2.05, 4.69) is 10.2 Å². The van der Waals surface area contributed by atoms with Crippen molar-refractivity contribution in [2.45, 2.75) is 13.0 Å². The Balaban J connectivity index is 2.85. The van der Waals surface area contributed by atoms with Gasteiger partial charge in [-0.1, -0.05) is 0 Å². The van der Waals surface area contributed by atoms with Crippen LogP contribution in [0.15, 0.2) is 6.07 Å². The Hall–Kier alpha value is -1.03. The molecule has 9 heavy (non-hydrogen) atoms. The minimum Gasteiger partial charge on any atom is -0.382 e. The Labute approximate surface area is 53.2 Å². The number of aromatic amines is 1. The number of hydrogen-bond acceptors (Lipinski definition) is 3. The molecule has 0 saturated carbocycles. The number of aromatic nitrogens is 2. The zero-order chi connectivity index (χ0) is 6.85. The van der Waals surface area contributed by atoms with E-state index < -0.39 is 0 Å². The molecular formula is C5H10N4. The van der Waals surface area contributed by atoms with Crippen LogP contribution in [-0.4, -0.2) is 10.2 Å². The molecule has 0 bridgehead atoms. The first-order valence-electron chi connectivity index (χ1n) is 2.76. The molecule has 50 valence electrons. The van der Waals surface area contributed by atoms with Gasteiger partial charge in [0.25, 0.3) is 0 Å². The largest absolute Gasteiger partial charge is 0.382 e. The summed E-state index contributed by atoms with van der Waals surface area (Å²) < 4.78 is 0. The lowest BCUT2D eigenvalue weighted by molar-refractivity contribution is 0.772. The van der Waals surface area contributed by atoms with Crippen LogP contribution in [0.1, 0.15) is 18.7 Å². The molecule has 0 aliphatic heterocycles. The van der Waals surface area contributed by atoms with Crippen molar-refractivity contribution in [3.63, 3.8) is 0 Å². The summed E-state index contributed by atoms with van der Waals surface area (Å²) in [5, 5.41) is 6.42. The number of nitrogens with zero attached hydrogens (tertiary/aromatic N) is 1. The maximum atomic E-state index is 5.50. The molecule has 1 aromatic heterocycles. The van der Waals surface area contributed by atoms with Gasteiger partial charge < -0.3 is 11.5 Å². The SMILES string of the molecule is C[C@@H](N)c1cc(N)n[nH]1. The van der Waals surface area contributed by atoms with E-state index in [4.69, 9.17) is 11.5 Å². The minimum atomic E-state index is -0.0187. The van der Waals surface area contributed by atoms with Crippen LogP contribution in [0.25, 0.3) is 0 Å². The fourth-order valence-corrected chi connectivity index (χ4v) is 0.586. The van der Waals surface area contributed by atoms with Crippen molar-refractivity contribution in [2.24, 2.45) is 5.73 Å². The van der Waals surface area contributed by atoms with Crippen molar-refractivity contribution < 1.29 is 0 Å². The molecule has 1 aromatic rings. The molecule has 4 heteroatoms. The molecule has 0 radical (unpaired) electrons. The average Bonchev–Trinajstić information content (AvgIpc) is 2.14. The summed E-state index contributed by atoms with van der Waals surface area (Å²) in [7, 11) is 0. The second kappa shape index (κ2) is 2.06. The zero-order valence-electron chi connectivity index (χ0n) is 5.26. The van der Waals surface area contributed by atoms with E-state index in [1.807, 2.05) is 6.92 Å². The molecule has 0 aromatic carbocycles. The van der Waals surface area contributed by atoms with Gasteiger partial charge in [0.1, 0.15) is 5.82 Å². The van der Waals surface area contributed by atoms with Crippen molar-refractivity contribution in [1.29, 1.82) is 0 Å². The standard InChI is InChI=1S/C5H10N4/c1-3(6)4-2-5(7)9-8-4/h2-3H,6H2,1H3,(H3,7,8,9)/t3-/m1/s1. The molecule has 5 N–H and O–H groups in total. The minimum absolute atomic E-state index is 0.0187. The number of hydrogen-bond donors (Lipinski definition) is 3. The van der Waals surface area contributed by atoms with Gasteiger partial charge in [0, 0.05) is 12.1 Å². The summed E-state index contributed by atoms with van der Waals surface area (Å²) >= 11 is 0. The fraction of sp³-hybridized carbons (Fsp3) is 0.400. The van der Waals surface area contributed by atoms with E-state index in [9.17, 15) is 0 Å². The highest BCUT2D eigenvalue weighted by Gasteiger charge is 2.00. The first kappa shape index (κ1) is 6.10. The third-order valence-electron chi connectivity index (χ3n) is 1.11. The van der Waals surface area contributed by atoms with E-state index in [0.29, 0.717) is 5.82 Å². The van der Waals surface area contributed by atoms with Gasteiger partial charge in [-0.25, -0.2) is 0 Å². The van der Waals surface area contributed by atoms with Crippen molar-refractivity contribution >= 4 is 5.82 Å². The predicted octanol–water partition coefficient (Wildman–Crippen LogP) is 0.0116. The third-order valence-corrected chi connectivity index (χ3v) is 1.11. The van der Waals surface area contributed by atoms with Gasteiger partial charge in [-0.2, -0.15) is 5.10 Å². The van der Waals surface area contributed by atoms with Crippen LogP contribution >= 0.6 is 0 Å². The van der Waals surface area contributed by atoms with E-state index >= 15 is 0 Å². The highest BCUT2D eigenvalue weighted by molar-refractivity contribution is 5.29. The molecule has 0 spiro atoms. The van der Waals surface area contributed by atoms with Gasteiger partial charge in [0.2, 0.25) is 0 Å². The lowest BCUT2D eigenvalue weighted by Gasteiger charge is -1.96. The number of H-pyrrole nitrogens is 1. The Morgan fingerprint density at radius 1 is 1.78 bits per heavy atom. The van der Waals surface area contributed by atoms with Gasteiger partial charge in [0.15, 0.2) is 0 Å². The molecule has 1 atom stereocenters. The van der Waals surface area contributed by atoms with Crippen LogP contribution in [0, 0.1) is 0 Å². The second-order valence-corrected chi connectivity index (χ2v) is 2.04. The van der Waals surface area contributed by atoms with Crippen LogP contribution in [0.4, 0.5) is 5.82 Å². The highest BCUT2D eigenvalue weighted by Crippen LogP contribution is 2.07. The molecule has 0 fully saturated rings. The summed E-state index contributed by atoms with van der Waals surface area (Å²) in [4.78, 5) is 0. The molecule has 1 heterocycles. The van der Waals surface area contributed by atoms with Gasteiger partial charge in [-0.05, 0) is 6.92 Å². The van der Waals surface area contributed by atoms with Crippen molar-refractivity contribution in [3.05, 3.63) is 11.8 Å². The number of rotatable bonds is 1. The van der Waals surface area contributed by atoms with E-state index in [-0.39, 0.29) is 6.04 Å². The Morgan fingerprint density at radius 3 is 2.67 bits per heavy atom. The summed E-state index contributed by atoms with van der Waals surface area (Å²) in [6.45, 7) is 1.87. The number of nitrogen functional groups attached to an aromatic ring is 1. The molecule has 0 amide bonds. The monoisotopic (exact) mass is 126 g/mol. The Morgan fingerprint density at radius 2 is 2.44 bits per heavy atom. The lowest BCUT2D eigenvalue weighted by atomic mass is 10.2. The topological polar surface area (TPSA) is 80.7 Å². The normalized spacial score (nSPS) is 13.6. The molecule has 0 unspecified atom stereocenters. The molecule has 0 saturated heterocycles. The smallest absolute Gasteiger partial charge is 0.145 e. The van der Waals surface area contributed by atoms with Crippen molar-refractivity contribution in [2.75, 3.05) is 5.73 Å². The maximum Gasteiger partial charge on any atom is 0.145 e. The number of nitrogens with one attached hydrogen (secondary N) is 1. The molecule has 0 aliphatic rings. The Bertz CT molecular complexity index is 191. The molecular weight excluding hydrogens is 116 g/mol. The highest BCUT2D eigenvalue weighted by atomic mass is 15.2. The third kappa shape index (κ3) is 1.20. The molecule has 4 nitrogen and oxygen atoms in total. The predicted molar refractivity (Wildman–Crippen MR) is 35.6 cm³/mol. The summed E-state index contributed by atoms with van der Waals surface area (Å²) in [5.74, 6) is 0.488. The summed E-state index contributed by atoms with van der Waals surface area (Å²) in [6.07, 6.45) is 0. The average molecular weight is 126 g/mol. The molecule has 0 aliphatic carbocycles. The number of anilines is 1. The fourth-order valence-electron chi connectivity index (χ4n) is 0.586. The lowest BCUT2D eigenvalue weighted by Crippen LogP contribution is -2.04.